The fraction of sp³-hybridized carbons (Fsp3) is 0.400. The van der Waals surface area contributed by atoms with Gasteiger partial charge in [0.1, 0.15) is 5.82 Å². The summed E-state index contributed by atoms with van der Waals surface area (Å²) in [5.41, 5.74) is 2.15. The van der Waals surface area contributed by atoms with Gasteiger partial charge in [-0.05, 0) is 61.7 Å². The number of carboxylic acid groups (broad SMARTS) is 1. The molecule has 3 aromatic rings. The van der Waals surface area contributed by atoms with Gasteiger partial charge in [0.15, 0.2) is 5.78 Å². The van der Waals surface area contributed by atoms with Gasteiger partial charge in [0.2, 0.25) is 5.91 Å². The number of fused-ring (bicyclic) bond motifs is 1. The number of hydrogen-bond acceptors (Lipinski definition) is 5. The van der Waals surface area contributed by atoms with Crippen LogP contribution in [0.15, 0.2) is 60.8 Å². The maximum Gasteiger partial charge on any atom is 0.490 e. The zero-order chi connectivity index (χ0) is 29.8. The number of hydrogen-bond donors (Lipinski definition) is 2. The van der Waals surface area contributed by atoms with Crippen molar-refractivity contribution in [3.05, 3.63) is 77.7 Å². The van der Waals surface area contributed by atoms with Crippen LogP contribution in [0.4, 0.5) is 17.6 Å². The van der Waals surface area contributed by atoms with Crippen molar-refractivity contribution in [2.45, 2.75) is 38.3 Å². The zero-order valence-corrected chi connectivity index (χ0v) is 22.5. The molecule has 0 saturated carbocycles. The van der Waals surface area contributed by atoms with Crippen LogP contribution >= 0.6 is 0 Å². The Kier molecular flexibility index (Phi) is 9.06. The molecule has 0 unspecified atom stereocenters. The van der Waals surface area contributed by atoms with Crippen molar-refractivity contribution in [1.29, 1.82) is 0 Å². The number of aliphatic carboxylic acids is 1. The number of carbonyl (C=O) groups is 3. The maximum atomic E-state index is 13.4. The number of aromatic nitrogens is 1. The van der Waals surface area contributed by atoms with Gasteiger partial charge in [-0.1, -0.05) is 37.3 Å². The highest BCUT2D eigenvalue weighted by atomic mass is 19.4. The molecule has 0 aliphatic carbocycles. The van der Waals surface area contributed by atoms with E-state index in [2.05, 4.69) is 22.1 Å². The number of nitrogens with zero attached hydrogens (tertiary/aromatic N) is 2. The lowest BCUT2D eigenvalue weighted by atomic mass is 9.68. The lowest BCUT2D eigenvalue weighted by Gasteiger charge is -2.41. The van der Waals surface area contributed by atoms with Gasteiger partial charge in [-0.2, -0.15) is 13.2 Å². The molecule has 1 spiro atoms. The third-order valence-electron chi connectivity index (χ3n) is 7.87. The number of carboxylic acids is 1. The van der Waals surface area contributed by atoms with Crippen molar-refractivity contribution < 1.29 is 38.5 Å². The average Bonchev–Trinajstić information content (AvgIpc) is 3.25. The third kappa shape index (κ3) is 7.08. The number of ketones is 1. The lowest BCUT2D eigenvalue weighted by molar-refractivity contribution is -0.192. The first kappa shape index (κ1) is 30.1. The molecule has 2 atom stereocenters. The molecule has 2 saturated heterocycles. The van der Waals surface area contributed by atoms with Gasteiger partial charge in [-0.15, -0.1) is 0 Å². The number of Topliss-reactive ketones (excluding diaryl/α,β-unsaturated/α-hetero) is 1. The molecule has 0 radical (unpaired) electrons. The molecule has 0 bridgehead atoms. The molecule has 41 heavy (non-hydrogen) atoms. The number of amides is 1. The molecule has 2 aliphatic heterocycles. The van der Waals surface area contributed by atoms with Crippen LogP contribution in [0.2, 0.25) is 0 Å². The summed E-state index contributed by atoms with van der Waals surface area (Å²) in [5.74, 6) is -2.50. The molecule has 2 aliphatic rings. The highest BCUT2D eigenvalue weighted by Crippen LogP contribution is 2.47. The Bertz CT molecular complexity index is 1410. The standard InChI is InChI=1S/C28H30FN3O2.C2HF3O2.H2/c1-19(14-26(33)22-15-21-4-2-3-5-25(21)30-16-22)18-32-12-10-28(11-13-32)24(17-31-27(28)34)20-6-8-23(29)9-7-20;3-2(4,5)1(6)7;/h2-9,15-16,19,24H,10-14,17-18H2,1H3,(H,31,34);(H,6,7);1H/t19-,24+;;/m1../s1. The monoisotopic (exact) mass is 575 g/mol. The average molecular weight is 576 g/mol. The van der Waals surface area contributed by atoms with E-state index < -0.39 is 17.6 Å². The molecule has 7 nitrogen and oxygen atoms in total. The van der Waals surface area contributed by atoms with Gasteiger partial charge < -0.3 is 15.3 Å². The minimum atomic E-state index is -5.08. The molecule has 2 N–H and O–H groups in total. The Morgan fingerprint density at radius 2 is 1.78 bits per heavy atom. The Balaban J connectivity index is 0.000000541. The molecule has 1 aromatic heterocycles. The second-order valence-electron chi connectivity index (χ2n) is 10.7. The minimum Gasteiger partial charge on any atom is -0.475 e. The molecule has 11 heteroatoms. The largest absolute Gasteiger partial charge is 0.490 e. The van der Waals surface area contributed by atoms with Crippen LogP contribution in [0.1, 0.15) is 49.5 Å². The zero-order valence-electron chi connectivity index (χ0n) is 22.5. The van der Waals surface area contributed by atoms with Crippen LogP contribution < -0.4 is 5.32 Å². The molecule has 5 rings (SSSR count). The lowest BCUT2D eigenvalue weighted by Crippen LogP contribution is -2.47. The highest BCUT2D eigenvalue weighted by Gasteiger charge is 2.51. The summed E-state index contributed by atoms with van der Waals surface area (Å²) in [5, 5.41) is 11.2. The van der Waals surface area contributed by atoms with E-state index in [4.69, 9.17) is 9.90 Å². The molecule has 1 amide bonds. The summed E-state index contributed by atoms with van der Waals surface area (Å²) >= 11 is 0. The SMILES string of the molecule is C[C@H](CC(=O)c1cnc2ccccc2c1)CN1CCC2(CC1)C(=O)NC[C@H]2c1ccc(F)cc1.O=C(O)C(F)(F)F.[HH]. The van der Waals surface area contributed by atoms with Gasteiger partial charge in [-0.3, -0.25) is 14.6 Å². The number of rotatable bonds is 6. The maximum absolute atomic E-state index is 13.4. The van der Waals surface area contributed by atoms with E-state index in [-0.39, 0.29) is 30.8 Å². The van der Waals surface area contributed by atoms with Crippen LogP contribution in [0.3, 0.4) is 0 Å². The van der Waals surface area contributed by atoms with E-state index in [1.54, 1.807) is 6.20 Å². The Morgan fingerprint density at radius 1 is 1.15 bits per heavy atom. The first-order valence-corrected chi connectivity index (χ1v) is 13.3. The van der Waals surface area contributed by atoms with Crippen molar-refractivity contribution in [3.63, 3.8) is 0 Å². The number of pyridine rings is 1. The number of para-hydroxylation sites is 1. The number of likely N-dealkylation sites (tertiary alicyclic amines) is 1. The van der Waals surface area contributed by atoms with E-state index in [0.717, 1.165) is 48.9 Å². The van der Waals surface area contributed by atoms with E-state index in [1.165, 1.54) is 12.1 Å². The first-order chi connectivity index (χ1) is 19.4. The second kappa shape index (κ2) is 12.3. The van der Waals surface area contributed by atoms with Crippen LogP contribution in [-0.4, -0.2) is 65.0 Å². The summed E-state index contributed by atoms with van der Waals surface area (Å²) in [6, 6.07) is 16.3. The molecule has 2 fully saturated rings. The van der Waals surface area contributed by atoms with E-state index in [1.807, 2.05) is 42.5 Å². The Hall–Kier alpha value is -3.86. The third-order valence-corrected chi connectivity index (χ3v) is 7.87. The fourth-order valence-corrected chi connectivity index (χ4v) is 5.73. The molecule has 220 valence electrons. The van der Waals surface area contributed by atoms with Crippen molar-refractivity contribution in [1.82, 2.24) is 15.2 Å². The first-order valence-electron chi connectivity index (χ1n) is 13.3. The van der Waals surface area contributed by atoms with Crippen LogP contribution in [0.25, 0.3) is 10.9 Å². The van der Waals surface area contributed by atoms with Gasteiger partial charge in [0.25, 0.3) is 0 Å². The smallest absolute Gasteiger partial charge is 0.475 e. The number of nitrogens with one attached hydrogen (secondary N) is 1. The summed E-state index contributed by atoms with van der Waals surface area (Å²) in [7, 11) is 0. The summed E-state index contributed by atoms with van der Waals surface area (Å²) in [6.45, 7) is 5.18. The van der Waals surface area contributed by atoms with Crippen molar-refractivity contribution in [2.24, 2.45) is 11.3 Å². The number of halogens is 4. The summed E-state index contributed by atoms with van der Waals surface area (Å²) < 4.78 is 45.1. The van der Waals surface area contributed by atoms with Gasteiger partial charge in [0, 0.05) is 44.0 Å². The van der Waals surface area contributed by atoms with E-state index in [9.17, 15) is 27.2 Å². The Morgan fingerprint density at radius 3 is 2.41 bits per heavy atom. The molecule has 2 aromatic carbocycles. The number of piperidine rings is 1. The quantitative estimate of drug-likeness (QED) is 0.299. The normalized spacial score (nSPS) is 19.3. The second-order valence-corrected chi connectivity index (χ2v) is 10.7. The van der Waals surface area contributed by atoms with Crippen molar-refractivity contribution >= 4 is 28.6 Å². The molecular formula is C30H33F4N3O4. The highest BCUT2D eigenvalue weighted by molar-refractivity contribution is 5.98. The molecule has 3 heterocycles. The minimum absolute atomic E-state index is 0. The van der Waals surface area contributed by atoms with E-state index in [0.29, 0.717) is 18.5 Å². The van der Waals surface area contributed by atoms with Crippen LogP contribution in [-0.2, 0) is 9.59 Å². The van der Waals surface area contributed by atoms with Crippen molar-refractivity contribution in [2.75, 3.05) is 26.2 Å². The van der Waals surface area contributed by atoms with Crippen LogP contribution in [0.5, 0.6) is 0 Å². The summed E-state index contributed by atoms with van der Waals surface area (Å²) in [6.07, 6.45) is -1.39. The summed E-state index contributed by atoms with van der Waals surface area (Å²) in [4.78, 5) is 41.4. The van der Waals surface area contributed by atoms with Crippen molar-refractivity contribution in [3.8, 4) is 0 Å². The number of benzene rings is 2. The van der Waals surface area contributed by atoms with Crippen LogP contribution in [0, 0.1) is 17.2 Å². The predicted molar refractivity (Wildman–Crippen MR) is 146 cm³/mol. The molecular weight excluding hydrogens is 542 g/mol. The Labute approximate surface area is 236 Å². The van der Waals surface area contributed by atoms with E-state index >= 15 is 0 Å². The van der Waals surface area contributed by atoms with Gasteiger partial charge in [0.05, 0.1) is 10.9 Å². The van der Waals surface area contributed by atoms with Gasteiger partial charge >= 0.3 is 12.1 Å². The van der Waals surface area contributed by atoms with Gasteiger partial charge in [-0.25, -0.2) is 9.18 Å². The fourth-order valence-electron chi connectivity index (χ4n) is 5.73. The number of alkyl halides is 3. The topological polar surface area (TPSA) is 99.6 Å². The number of carbonyl (C=O) groups excluding carboxylic acids is 2. The predicted octanol–water partition coefficient (Wildman–Crippen LogP) is 5.46.